The standard InChI is InChI=1S/C21H17N5.C2HF3O2/c1-2-6-18-15(4-1)7-8-19(25-18)26-13-17(14-26)21-20(23-10-11-24-21)16-5-3-9-22-12-16;3-2(4,5)1(6)7/h1-12,17H,13-14H2;(H,6,7). The molecule has 7 nitrogen and oxygen atoms in total. The number of carbonyl (C=O) groups is 1. The molecule has 0 bridgehead atoms. The number of carboxylic acid groups (broad SMARTS) is 1. The van der Waals surface area contributed by atoms with Crippen LogP contribution in [0.15, 0.2) is 73.3 Å². The lowest BCUT2D eigenvalue weighted by Crippen LogP contribution is -2.46. The van der Waals surface area contributed by atoms with E-state index in [1.54, 1.807) is 18.6 Å². The number of nitrogens with zero attached hydrogens (tertiary/aromatic N) is 5. The molecule has 4 aromatic rings. The summed E-state index contributed by atoms with van der Waals surface area (Å²) >= 11 is 0. The maximum Gasteiger partial charge on any atom is 0.490 e. The summed E-state index contributed by atoms with van der Waals surface area (Å²) < 4.78 is 31.7. The van der Waals surface area contributed by atoms with Crippen LogP contribution in [0.4, 0.5) is 19.0 Å². The smallest absolute Gasteiger partial charge is 0.475 e. The van der Waals surface area contributed by atoms with Crippen LogP contribution in [-0.2, 0) is 4.79 Å². The third kappa shape index (κ3) is 5.05. The molecule has 4 heterocycles. The van der Waals surface area contributed by atoms with Gasteiger partial charge in [-0.1, -0.05) is 18.2 Å². The van der Waals surface area contributed by atoms with Crippen molar-refractivity contribution in [1.29, 1.82) is 0 Å². The zero-order valence-electron chi connectivity index (χ0n) is 17.1. The minimum atomic E-state index is -5.08. The number of hydrogen-bond acceptors (Lipinski definition) is 6. The second-order valence-electron chi connectivity index (χ2n) is 7.30. The van der Waals surface area contributed by atoms with Crippen LogP contribution < -0.4 is 4.90 Å². The number of pyridine rings is 2. The summed E-state index contributed by atoms with van der Waals surface area (Å²) in [6, 6.07) is 16.4. The summed E-state index contributed by atoms with van der Waals surface area (Å²) in [6.07, 6.45) is 2.05. The molecule has 168 valence electrons. The first kappa shape index (κ1) is 22.1. The number of halogens is 3. The number of carboxylic acids is 1. The van der Waals surface area contributed by atoms with Crippen LogP contribution in [0.1, 0.15) is 11.6 Å². The summed E-state index contributed by atoms with van der Waals surface area (Å²) in [4.78, 5) is 29.4. The number of hydrogen-bond donors (Lipinski definition) is 1. The van der Waals surface area contributed by atoms with Crippen molar-refractivity contribution < 1.29 is 23.1 Å². The summed E-state index contributed by atoms with van der Waals surface area (Å²) in [5.74, 6) is -1.38. The molecule has 33 heavy (non-hydrogen) atoms. The predicted molar refractivity (Wildman–Crippen MR) is 116 cm³/mol. The molecule has 1 aromatic carbocycles. The van der Waals surface area contributed by atoms with E-state index >= 15 is 0 Å². The Balaban J connectivity index is 0.000000325. The van der Waals surface area contributed by atoms with Crippen LogP contribution in [0.3, 0.4) is 0 Å². The minimum Gasteiger partial charge on any atom is -0.475 e. The minimum absolute atomic E-state index is 0.354. The third-order valence-electron chi connectivity index (χ3n) is 5.08. The molecule has 1 saturated heterocycles. The molecule has 0 spiro atoms. The van der Waals surface area contributed by atoms with Crippen molar-refractivity contribution in [3.05, 3.63) is 79.0 Å². The highest BCUT2D eigenvalue weighted by atomic mass is 19.4. The van der Waals surface area contributed by atoms with Crippen molar-refractivity contribution in [2.75, 3.05) is 18.0 Å². The Hall–Kier alpha value is -4.08. The highest BCUT2D eigenvalue weighted by molar-refractivity contribution is 5.80. The maximum absolute atomic E-state index is 10.6. The summed E-state index contributed by atoms with van der Waals surface area (Å²) in [5, 5.41) is 8.29. The lowest BCUT2D eigenvalue weighted by molar-refractivity contribution is -0.192. The van der Waals surface area contributed by atoms with E-state index in [0.717, 1.165) is 41.4 Å². The van der Waals surface area contributed by atoms with E-state index < -0.39 is 12.1 Å². The van der Waals surface area contributed by atoms with Gasteiger partial charge in [0.25, 0.3) is 0 Å². The normalized spacial score (nSPS) is 13.7. The van der Waals surface area contributed by atoms with Gasteiger partial charge in [0.2, 0.25) is 0 Å². The van der Waals surface area contributed by atoms with Crippen molar-refractivity contribution in [2.45, 2.75) is 12.1 Å². The van der Waals surface area contributed by atoms with Gasteiger partial charge in [-0.2, -0.15) is 13.2 Å². The molecule has 10 heteroatoms. The fraction of sp³-hybridized carbons (Fsp3) is 0.174. The van der Waals surface area contributed by atoms with Gasteiger partial charge in [-0.3, -0.25) is 15.0 Å². The largest absolute Gasteiger partial charge is 0.490 e. The second-order valence-corrected chi connectivity index (χ2v) is 7.30. The zero-order chi connectivity index (χ0) is 23.4. The molecule has 0 radical (unpaired) electrons. The van der Waals surface area contributed by atoms with Crippen molar-refractivity contribution in [2.24, 2.45) is 0 Å². The Labute approximate surface area is 186 Å². The van der Waals surface area contributed by atoms with Crippen LogP contribution in [0.5, 0.6) is 0 Å². The van der Waals surface area contributed by atoms with Crippen LogP contribution in [0.2, 0.25) is 0 Å². The molecule has 0 amide bonds. The van der Waals surface area contributed by atoms with Gasteiger partial charge in [0, 0.05) is 54.7 Å². The number of anilines is 1. The SMILES string of the molecule is O=C(O)C(F)(F)F.c1cncc(-c2nccnc2C2CN(c3ccc4ccccc4n3)C2)c1. The van der Waals surface area contributed by atoms with Crippen LogP contribution >= 0.6 is 0 Å². The van der Waals surface area contributed by atoms with Crippen molar-refractivity contribution in [3.63, 3.8) is 0 Å². The first-order valence-electron chi connectivity index (χ1n) is 9.95. The van der Waals surface area contributed by atoms with Crippen LogP contribution in [0.25, 0.3) is 22.2 Å². The van der Waals surface area contributed by atoms with E-state index in [1.165, 1.54) is 5.39 Å². The lowest BCUT2D eigenvalue weighted by atomic mass is 9.92. The van der Waals surface area contributed by atoms with Crippen molar-refractivity contribution in [1.82, 2.24) is 19.9 Å². The predicted octanol–water partition coefficient (Wildman–Crippen LogP) is 4.32. The molecule has 1 N–H and O–H groups in total. The fourth-order valence-corrected chi connectivity index (χ4v) is 3.44. The average Bonchev–Trinajstić information content (AvgIpc) is 2.79. The fourth-order valence-electron chi connectivity index (χ4n) is 3.44. The molecule has 1 aliphatic heterocycles. The molecule has 1 fully saturated rings. The van der Waals surface area contributed by atoms with E-state index in [2.05, 4.69) is 44.1 Å². The lowest BCUT2D eigenvalue weighted by Gasteiger charge is -2.40. The molecule has 0 unspecified atom stereocenters. The third-order valence-corrected chi connectivity index (χ3v) is 5.08. The van der Waals surface area contributed by atoms with Gasteiger partial charge in [0.1, 0.15) is 5.82 Å². The quantitative estimate of drug-likeness (QED) is 0.494. The number of benzene rings is 1. The molecule has 3 aromatic heterocycles. The van der Waals surface area contributed by atoms with E-state index in [1.807, 2.05) is 30.5 Å². The van der Waals surface area contributed by atoms with E-state index in [0.29, 0.717) is 5.92 Å². The highest BCUT2D eigenvalue weighted by Gasteiger charge is 2.38. The topological polar surface area (TPSA) is 92.1 Å². The van der Waals surface area contributed by atoms with Crippen LogP contribution in [0, 0.1) is 0 Å². The zero-order valence-corrected chi connectivity index (χ0v) is 17.1. The molecular formula is C23H18F3N5O2. The molecule has 1 aliphatic rings. The average molecular weight is 453 g/mol. The number of aliphatic carboxylic acids is 1. The van der Waals surface area contributed by atoms with Gasteiger partial charge in [-0.25, -0.2) is 9.78 Å². The number of aromatic nitrogens is 4. The Morgan fingerprint density at radius 3 is 2.39 bits per heavy atom. The van der Waals surface area contributed by atoms with Gasteiger partial charge >= 0.3 is 12.1 Å². The van der Waals surface area contributed by atoms with Gasteiger partial charge in [0.05, 0.1) is 16.9 Å². The second kappa shape index (κ2) is 9.19. The van der Waals surface area contributed by atoms with E-state index in [4.69, 9.17) is 14.9 Å². The van der Waals surface area contributed by atoms with Gasteiger partial charge < -0.3 is 10.0 Å². The Bertz CT molecular complexity index is 1260. The Morgan fingerprint density at radius 2 is 1.70 bits per heavy atom. The van der Waals surface area contributed by atoms with E-state index in [9.17, 15) is 13.2 Å². The first-order chi connectivity index (χ1) is 15.8. The summed E-state index contributed by atoms with van der Waals surface area (Å²) in [7, 11) is 0. The Kier molecular flexibility index (Phi) is 6.16. The first-order valence-corrected chi connectivity index (χ1v) is 9.95. The van der Waals surface area contributed by atoms with Crippen molar-refractivity contribution >= 4 is 22.7 Å². The molecular weight excluding hydrogens is 435 g/mol. The monoisotopic (exact) mass is 453 g/mol. The van der Waals surface area contributed by atoms with Crippen molar-refractivity contribution in [3.8, 4) is 11.3 Å². The summed E-state index contributed by atoms with van der Waals surface area (Å²) in [5.41, 5.74) is 4.01. The van der Waals surface area contributed by atoms with Crippen LogP contribution in [-0.4, -0.2) is 50.3 Å². The van der Waals surface area contributed by atoms with Gasteiger partial charge in [-0.15, -0.1) is 0 Å². The molecule has 5 rings (SSSR count). The highest BCUT2D eigenvalue weighted by Crippen LogP contribution is 2.34. The number of fused-ring (bicyclic) bond motifs is 1. The van der Waals surface area contributed by atoms with Gasteiger partial charge in [-0.05, 0) is 30.3 Å². The summed E-state index contributed by atoms with van der Waals surface area (Å²) in [6.45, 7) is 1.80. The van der Waals surface area contributed by atoms with E-state index in [-0.39, 0.29) is 0 Å². The number of alkyl halides is 3. The Morgan fingerprint density at radius 1 is 0.970 bits per heavy atom. The molecule has 0 aliphatic carbocycles. The molecule has 0 atom stereocenters. The van der Waals surface area contributed by atoms with Gasteiger partial charge in [0.15, 0.2) is 0 Å². The number of para-hydroxylation sites is 1. The maximum atomic E-state index is 10.6. The number of rotatable bonds is 3. The molecule has 0 saturated carbocycles.